The van der Waals surface area contributed by atoms with Gasteiger partial charge in [-0.05, 0) is 53.3 Å². The number of aliphatic imine (C=N–C) groups is 2. The van der Waals surface area contributed by atoms with E-state index >= 15 is 0 Å². The van der Waals surface area contributed by atoms with Crippen molar-refractivity contribution in [2.75, 3.05) is 13.1 Å². The molecule has 2 aliphatic heterocycles. The van der Waals surface area contributed by atoms with Gasteiger partial charge in [0.15, 0.2) is 11.9 Å². The molecule has 4 amide bonds. The first-order chi connectivity index (χ1) is 20.6. The predicted octanol–water partition coefficient (Wildman–Crippen LogP) is 3.37. The molecular weight excluding hydrogens is 607 g/mol. The lowest BCUT2D eigenvalue weighted by molar-refractivity contribution is -0.119. The summed E-state index contributed by atoms with van der Waals surface area (Å²) < 4.78 is 0. The number of guanidine groups is 2. The standard InChI is InChI=1S/2C15H19ClN4O2/c1-8(2)7-20-12(6-13(21)19-15(17)18)11-5-9(16)3-4-10(11)14(20)22;1-8(2)7-20-12(6-13(21)19-15(17)18)10-4-3-9(16)5-11(10)14(20)22/h2*3-5,8,12H,6-7H2,1-2H3,(H4,17,18,19,21). The van der Waals surface area contributed by atoms with E-state index in [-0.39, 0.29) is 60.5 Å². The van der Waals surface area contributed by atoms with Crippen molar-refractivity contribution >= 4 is 58.7 Å². The van der Waals surface area contributed by atoms with E-state index < -0.39 is 11.8 Å². The van der Waals surface area contributed by atoms with Crippen molar-refractivity contribution in [1.82, 2.24) is 9.80 Å². The van der Waals surface area contributed by atoms with E-state index in [9.17, 15) is 19.2 Å². The Morgan fingerprint density at radius 3 is 1.61 bits per heavy atom. The van der Waals surface area contributed by atoms with Gasteiger partial charge in [-0.2, -0.15) is 9.98 Å². The maximum atomic E-state index is 12.6. The molecule has 2 heterocycles. The fraction of sp³-hybridized carbons (Fsp3) is 0.400. The smallest absolute Gasteiger partial charge is 0.254 e. The Balaban J connectivity index is 0.000000240. The van der Waals surface area contributed by atoms with Crippen LogP contribution >= 0.6 is 23.2 Å². The molecule has 0 aromatic heterocycles. The summed E-state index contributed by atoms with van der Waals surface area (Å²) in [6.07, 6.45) is 0.0781. The van der Waals surface area contributed by atoms with Crippen molar-refractivity contribution in [2.45, 2.75) is 52.6 Å². The van der Waals surface area contributed by atoms with Gasteiger partial charge in [0.05, 0.1) is 24.9 Å². The van der Waals surface area contributed by atoms with Crippen LogP contribution in [-0.2, 0) is 9.59 Å². The zero-order valence-corrected chi connectivity index (χ0v) is 26.6. The molecule has 8 N–H and O–H groups in total. The van der Waals surface area contributed by atoms with Crippen molar-refractivity contribution in [2.24, 2.45) is 44.8 Å². The molecule has 2 unspecified atom stereocenters. The van der Waals surface area contributed by atoms with Gasteiger partial charge >= 0.3 is 0 Å². The number of amides is 4. The van der Waals surface area contributed by atoms with E-state index in [1.807, 2.05) is 27.7 Å². The SMILES string of the molecule is CC(C)CN1C(=O)c2cc(Cl)ccc2C1CC(=O)N=C(N)N.CC(C)CN1C(=O)c2ccc(Cl)cc2C1CC(=O)N=C(N)N. The molecule has 0 aliphatic carbocycles. The third kappa shape index (κ3) is 8.48. The molecular formula is C30H38Cl2N8O4. The summed E-state index contributed by atoms with van der Waals surface area (Å²) in [6, 6.07) is 9.47. The van der Waals surface area contributed by atoms with Crippen LogP contribution in [0.2, 0.25) is 10.0 Å². The molecule has 236 valence electrons. The Morgan fingerprint density at radius 1 is 0.705 bits per heavy atom. The lowest BCUT2D eigenvalue weighted by Gasteiger charge is -2.26. The van der Waals surface area contributed by atoms with Crippen LogP contribution in [0.15, 0.2) is 46.4 Å². The van der Waals surface area contributed by atoms with Crippen LogP contribution in [0.3, 0.4) is 0 Å². The van der Waals surface area contributed by atoms with E-state index in [0.717, 1.165) is 11.1 Å². The van der Waals surface area contributed by atoms with Gasteiger partial charge in [-0.25, -0.2) is 0 Å². The highest BCUT2D eigenvalue weighted by Gasteiger charge is 2.39. The van der Waals surface area contributed by atoms with E-state index in [2.05, 4.69) is 9.98 Å². The second kappa shape index (κ2) is 14.5. The number of carbonyl (C=O) groups is 4. The first kappa shape index (κ1) is 34.3. The summed E-state index contributed by atoms with van der Waals surface area (Å²) in [5.74, 6) is -1.13. The van der Waals surface area contributed by atoms with E-state index in [1.54, 1.807) is 46.2 Å². The fourth-order valence-electron chi connectivity index (χ4n) is 5.29. The van der Waals surface area contributed by atoms with Crippen molar-refractivity contribution < 1.29 is 19.2 Å². The van der Waals surface area contributed by atoms with Gasteiger partial charge < -0.3 is 32.7 Å². The first-order valence-corrected chi connectivity index (χ1v) is 14.8. The number of nitrogens with zero attached hydrogens (tertiary/aromatic N) is 4. The minimum atomic E-state index is -0.459. The molecule has 4 rings (SSSR count). The number of benzene rings is 2. The van der Waals surface area contributed by atoms with Gasteiger partial charge in [0.25, 0.3) is 23.6 Å². The molecule has 2 aliphatic rings. The Bertz CT molecular complexity index is 1490. The van der Waals surface area contributed by atoms with Crippen LogP contribution < -0.4 is 22.9 Å². The first-order valence-electron chi connectivity index (χ1n) is 14.0. The lowest BCUT2D eigenvalue weighted by Crippen LogP contribution is -2.33. The van der Waals surface area contributed by atoms with Crippen LogP contribution in [0.25, 0.3) is 0 Å². The number of fused-ring (bicyclic) bond motifs is 2. The Kier molecular flexibility index (Phi) is 11.3. The van der Waals surface area contributed by atoms with E-state index in [1.165, 1.54) is 0 Å². The van der Waals surface area contributed by atoms with Crippen molar-refractivity contribution in [3.05, 3.63) is 68.7 Å². The van der Waals surface area contributed by atoms with Crippen molar-refractivity contribution in [1.29, 1.82) is 0 Å². The molecule has 0 saturated carbocycles. The van der Waals surface area contributed by atoms with Gasteiger partial charge in [-0.15, -0.1) is 0 Å². The van der Waals surface area contributed by atoms with E-state index in [0.29, 0.717) is 34.3 Å². The van der Waals surface area contributed by atoms with Gasteiger partial charge in [0.2, 0.25) is 0 Å². The van der Waals surface area contributed by atoms with Crippen molar-refractivity contribution in [3.8, 4) is 0 Å². The zero-order valence-electron chi connectivity index (χ0n) is 25.1. The number of rotatable bonds is 8. The zero-order chi connectivity index (χ0) is 32.9. The minimum absolute atomic E-state index is 0.0315. The molecule has 12 nitrogen and oxygen atoms in total. The molecule has 2 aromatic rings. The number of hydrogen-bond donors (Lipinski definition) is 4. The summed E-state index contributed by atoms with van der Waals surface area (Å²) in [6.45, 7) is 9.14. The monoisotopic (exact) mass is 644 g/mol. The van der Waals surface area contributed by atoms with Gasteiger partial charge in [-0.1, -0.05) is 57.0 Å². The van der Waals surface area contributed by atoms with Crippen LogP contribution in [0.1, 0.15) is 84.5 Å². The normalized spacial score (nSPS) is 16.8. The second-order valence-electron chi connectivity index (χ2n) is 11.5. The predicted molar refractivity (Wildman–Crippen MR) is 171 cm³/mol. The van der Waals surface area contributed by atoms with E-state index in [4.69, 9.17) is 46.1 Å². The molecule has 0 bridgehead atoms. The summed E-state index contributed by atoms with van der Waals surface area (Å²) in [5, 5.41) is 1.02. The average Bonchev–Trinajstić information content (AvgIpc) is 3.28. The number of halogens is 2. The topological polar surface area (TPSA) is 204 Å². The van der Waals surface area contributed by atoms with Gasteiger partial charge in [0, 0.05) is 34.3 Å². The third-order valence-corrected chi connectivity index (χ3v) is 7.32. The summed E-state index contributed by atoms with van der Waals surface area (Å²) >= 11 is 12.0. The van der Waals surface area contributed by atoms with Crippen LogP contribution in [-0.4, -0.2) is 58.4 Å². The molecule has 44 heavy (non-hydrogen) atoms. The lowest BCUT2D eigenvalue weighted by atomic mass is 10.0. The summed E-state index contributed by atoms with van der Waals surface area (Å²) in [5.41, 5.74) is 23.6. The number of carbonyl (C=O) groups excluding carboxylic acids is 4. The fourth-order valence-corrected chi connectivity index (χ4v) is 5.65. The molecule has 0 fully saturated rings. The second-order valence-corrected chi connectivity index (χ2v) is 12.3. The molecule has 0 spiro atoms. The van der Waals surface area contributed by atoms with Gasteiger partial charge in [-0.3, -0.25) is 19.2 Å². The number of hydrogen-bond acceptors (Lipinski definition) is 4. The molecule has 0 saturated heterocycles. The largest absolute Gasteiger partial charge is 0.370 e. The molecule has 2 aromatic carbocycles. The van der Waals surface area contributed by atoms with Crippen LogP contribution in [0, 0.1) is 11.8 Å². The molecule has 2 atom stereocenters. The maximum Gasteiger partial charge on any atom is 0.254 e. The van der Waals surface area contributed by atoms with Crippen LogP contribution in [0.5, 0.6) is 0 Å². The minimum Gasteiger partial charge on any atom is -0.370 e. The highest BCUT2D eigenvalue weighted by molar-refractivity contribution is 6.31. The molecule has 14 heteroatoms. The average molecular weight is 646 g/mol. The Hall–Kier alpha value is -4.16. The van der Waals surface area contributed by atoms with Gasteiger partial charge in [0.1, 0.15) is 0 Å². The maximum absolute atomic E-state index is 12.6. The third-order valence-electron chi connectivity index (χ3n) is 6.85. The Labute approximate surface area is 266 Å². The summed E-state index contributed by atoms with van der Waals surface area (Å²) in [7, 11) is 0. The quantitative estimate of drug-likeness (QED) is 0.247. The van der Waals surface area contributed by atoms with Crippen LogP contribution in [0.4, 0.5) is 0 Å². The highest BCUT2D eigenvalue weighted by atomic mass is 35.5. The van der Waals surface area contributed by atoms with Crippen molar-refractivity contribution in [3.63, 3.8) is 0 Å². The molecule has 0 radical (unpaired) electrons. The Morgan fingerprint density at radius 2 is 1.14 bits per heavy atom. The summed E-state index contributed by atoms with van der Waals surface area (Å²) in [4.78, 5) is 59.4. The number of nitrogens with two attached hydrogens (primary N) is 4. The highest BCUT2D eigenvalue weighted by Crippen LogP contribution is 2.39.